The van der Waals surface area contributed by atoms with Crippen LogP contribution in [0.25, 0.3) is 0 Å². The maximum absolute atomic E-state index is 10.1. The van der Waals surface area contributed by atoms with Crippen molar-refractivity contribution in [2.24, 2.45) is 16.3 Å². The fourth-order valence-corrected chi connectivity index (χ4v) is 1.72. The summed E-state index contributed by atoms with van der Waals surface area (Å²) < 4.78 is 0. The molecule has 1 atom stereocenters. The fourth-order valence-electron chi connectivity index (χ4n) is 1.72. The molecule has 0 aromatic carbocycles. The zero-order chi connectivity index (χ0) is 14.6. The molecule has 0 saturated heterocycles. The molecule has 0 fully saturated rings. The summed E-state index contributed by atoms with van der Waals surface area (Å²) >= 11 is 0. The zero-order valence-corrected chi connectivity index (χ0v) is 12.8. The third kappa shape index (κ3) is 11.8. The first-order valence-electron chi connectivity index (χ1n) is 7.36. The predicted octanol–water partition coefficient (Wildman–Crippen LogP) is 4.58. The van der Waals surface area contributed by atoms with Gasteiger partial charge in [0.15, 0.2) is 0 Å². The van der Waals surface area contributed by atoms with Crippen molar-refractivity contribution in [1.82, 2.24) is 0 Å². The van der Waals surface area contributed by atoms with Crippen molar-refractivity contribution in [1.29, 1.82) is 0 Å². The van der Waals surface area contributed by atoms with Gasteiger partial charge in [0.2, 0.25) is 0 Å². The molecule has 0 saturated carbocycles. The van der Waals surface area contributed by atoms with Crippen molar-refractivity contribution >= 4 is 0 Å². The highest BCUT2D eigenvalue weighted by Crippen LogP contribution is 2.25. The monoisotopic (exact) mass is 266 g/mol. The van der Waals surface area contributed by atoms with Gasteiger partial charge in [0.05, 0.1) is 6.54 Å². The molecule has 2 N–H and O–H groups in total. The highest BCUT2D eigenvalue weighted by atomic mass is 16.3. The summed E-state index contributed by atoms with van der Waals surface area (Å²) in [5.74, 6) is 0. The molecule has 0 bridgehead atoms. The molecule has 0 aromatic rings. The molecule has 3 heteroatoms. The largest absolute Gasteiger partial charge is 0.327 e. The number of allylic oxidation sites excluding steroid dienone is 3. The molecular formula is C16H30N2O. The van der Waals surface area contributed by atoms with Crippen LogP contribution in [0.15, 0.2) is 29.5 Å². The van der Waals surface area contributed by atoms with Gasteiger partial charge in [0.1, 0.15) is 0 Å². The first kappa shape index (κ1) is 18.0. The minimum absolute atomic E-state index is 0.175. The van der Waals surface area contributed by atoms with Crippen LogP contribution in [0.4, 0.5) is 0 Å². The first-order valence-corrected chi connectivity index (χ1v) is 7.36. The Morgan fingerprint density at radius 2 is 1.79 bits per heavy atom. The molecule has 0 amide bonds. The van der Waals surface area contributed by atoms with E-state index in [1.807, 2.05) is 0 Å². The lowest BCUT2D eigenvalue weighted by Crippen LogP contribution is -2.16. The van der Waals surface area contributed by atoms with E-state index in [0.29, 0.717) is 12.6 Å². The average Bonchev–Trinajstić information content (AvgIpc) is 2.39. The van der Waals surface area contributed by atoms with E-state index in [-0.39, 0.29) is 5.41 Å². The Morgan fingerprint density at radius 3 is 2.37 bits per heavy atom. The molecule has 0 aromatic heterocycles. The minimum atomic E-state index is 0.175. The Balaban J connectivity index is 3.66. The van der Waals surface area contributed by atoms with Crippen LogP contribution in [0.5, 0.6) is 0 Å². The van der Waals surface area contributed by atoms with Gasteiger partial charge < -0.3 is 5.73 Å². The Labute approximate surface area is 118 Å². The van der Waals surface area contributed by atoms with E-state index in [1.54, 1.807) is 0 Å². The molecular weight excluding hydrogens is 236 g/mol. The number of hydrogen-bond acceptors (Lipinski definition) is 3. The molecule has 110 valence electrons. The number of hydrogen-bond donors (Lipinski definition) is 1. The van der Waals surface area contributed by atoms with Gasteiger partial charge in [-0.15, -0.1) is 0 Å². The third-order valence-corrected chi connectivity index (χ3v) is 3.35. The van der Waals surface area contributed by atoms with Gasteiger partial charge in [-0.1, -0.05) is 50.3 Å². The van der Waals surface area contributed by atoms with Gasteiger partial charge in [-0.05, 0) is 43.9 Å². The van der Waals surface area contributed by atoms with E-state index >= 15 is 0 Å². The van der Waals surface area contributed by atoms with Crippen molar-refractivity contribution in [3.63, 3.8) is 0 Å². The van der Waals surface area contributed by atoms with Crippen molar-refractivity contribution in [3.05, 3.63) is 29.2 Å². The Morgan fingerprint density at radius 1 is 1.16 bits per heavy atom. The van der Waals surface area contributed by atoms with Crippen molar-refractivity contribution in [3.8, 4) is 0 Å². The van der Waals surface area contributed by atoms with E-state index in [0.717, 1.165) is 38.5 Å². The summed E-state index contributed by atoms with van der Waals surface area (Å²) in [7, 11) is 0. The molecule has 0 aliphatic carbocycles. The van der Waals surface area contributed by atoms with E-state index < -0.39 is 0 Å². The van der Waals surface area contributed by atoms with Crippen LogP contribution < -0.4 is 5.73 Å². The molecule has 0 aliphatic heterocycles. The number of nitroso groups, excluding NO2 is 1. The Hall–Kier alpha value is -0.960. The minimum Gasteiger partial charge on any atom is -0.327 e. The van der Waals surface area contributed by atoms with E-state index in [2.05, 4.69) is 50.3 Å². The molecule has 0 rings (SSSR count). The van der Waals surface area contributed by atoms with Crippen LogP contribution in [0.2, 0.25) is 0 Å². The lowest BCUT2D eigenvalue weighted by Gasteiger charge is -2.20. The van der Waals surface area contributed by atoms with Gasteiger partial charge in [-0.2, -0.15) is 4.91 Å². The second kappa shape index (κ2) is 10.9. The second-order valence-electron chi connectivity index (χ2n) is 5.90. The van der Waals surface area contributed by atoms with E-state index in [1.165, 1.54) is 0 Å². The first-order chi connectivity index (χ1) is 9.02. The molecule has 1 unspecified atom stereocenters. The number of nitrogens with zero attached hydrogens (tertiary/aromatic N) is 1. The highest BCUT2D eigenvalue weighted by molar-refractivity contribution is 4.91. The number of unbranched alkanes of at least 4 members (excludes halogenated alkanes) is 1. The molecule has 0 heterocycles. The van der Waals surface area contributed by atoms with Gasteiger partial charge in [-0.25, -0.2) is 0 Å². The van der Waals surface area contributed by atoms with Gasteiger partial charge in [-0.3, -0.25) is 0 Å². The Bertz CT molecular complexity index is 282. The smallest absolute Gasteiger partial charge is 0.0816 e. The van der Waals surface area contributed by atoms with Crippen LogP contribution in [0.1, 0.15) is 59.3 Å². The Kier molecular flexibility index (Phi) is 10.4. The zero-order valence-electron chi connectivity index (χ0n) is 12.8. The van der Waals surface area contributed by atoms with Gasteiger partial charge in [0.25, 0.3) is 0 Å². The summed E-state index contributed by atoms with van der Waals surface area (Å²) in [4.78, 5) is 10.1. The molecule has 0 spiro atoms. The summed E-state index contributed by atoms with van der Waals surface area (Å²) in [5, 5.41) is 2.93. The molecule has 19 heavy (non-hydrogen) atoms. The summed E-state index contributed by atoms with van der Waals surface area (Å²) in [5.41, 5.74) is 6.00. The number of rotatable bonds is 11. The average molecular weight is 266 g/mol. The lowest BCUT2D eigenvalue weighted by atomic mass is 9.85. The van der Waals surface area contributed by atoms with E-state index in [9.17, 15) is 4.91 Å². The topological polar surface area (TPSA) is 55.4 Å². The van der Waals surface area contributed by atoms with Crippen LogP contribution >= 0.6 is 0 Å². The second-order valence-corrected chi connectivity index (χ2v) is 5.90. The maximum Gasteiger partial charge on any atom is 0.0816 e. The highest BCUT2D eigenvalue weighted by Gasteiger charge is 2.15. The standard InChI is InChI=1S/C16H30N2O/c1-4-15(17)11-9-7-5-6-8-10-12-16(2,3)13-14-18-19/h7-10,15H,4-6,11-14,17H2,1-3H3. The quantitative estimate of drug-likeness (QED) is 0.338. The van der Waals surface area contributed by atoms with Gasteiger partial charge >= 0.3 is 0 Å². The molecule has 0 radical (unpaired) electrons. The molecule has 0 aliphatic rings. The van der Waals surface area contributed by atoms with Crippen LogP contribution in [0, 0.1) is 10.3 Å². The molecule has 3 nitrogen and oxygen atoms in total. The van der Waals surface area contributed by atoms with Crippen LogP contribution in [0.3, 0.4) is 0 Å². The van der Waals surface area contributed by atoms with Crippen LogP contribution in [-0.4, -0.2) is 12.6 Å². The summed E-state index contributed by atoms with van der Waals surface area (Å²) in [6, 6.07) is 0.305. The SMILES string of the molecule is CCC(N)CC=CCCC=CCC(C)(C)CCN=O. The summed E-state index contributed by atoms with van der Waals surface area (Å²) in [6.45, 7) is 6.88. The van der Waals surface area contributed by atoms with Crippen molar-refractivity contribution in [2.75, 3.05) is 6.54 Å². The maximum atomic E-state index is 10.1. The summed E-state index contributed by atoms with van der Waals surface area (Å²) in [6.07, 6.45) is 14.9. The normalized spacial score (nSPS) is 14.3. The van der Waals surface area contributed by atoms with Crippen LogP contribution in [-0.2, 0) is 0 Å². The van der Waals surface area contributed by atoms with Gasteiger partial charge in [0, 0.05) is 6.04 Å². The number of nitrogens with two attached hydrogens (primary N) is 1. The van der Waals surface area contributed by atoms with E-state index in [4.69, 9.17) is 5.73 Å². The third-order valence-electron chi connectivity index (χ3n) is 3.35. The van der Waals surface area contributed by atoms with Crippen molar-refractivity contribution < 1.29 is 0 Å². The van der Waals surface area contributed by atoms with Crippen molar-refractivity contribution in [2.45, 2.75) is 65.3 Å². The fraction of sp³-hybridized carbons (Fsp3) is 0.750. The predicted molar refractivity (Wildman–Crippen MR) is 84.1 cm³/mol. The lowest BCUT2D eigenvalue weighted by molar-refractivity contribution is 0.345.